The van der Waals surface area contributed by atoms with Crippen molar-refractivity contribution in [2.24, 2.45) is 33.6 Å². The largest absolute Gasteiger partial charge is 0.346 e. The van der Waals surface area contributed by atoms with Crippen molar-refractivity contribution in [2.75, 3.05) is 0 Å². The first kappa shape index (κ1) is 11.9. The van der Waals surface area contributed by atoms with Crippen molar-refractivity contribution in [3.05, 3.63) is 23.5 Å². The van der Waals surface area contributed by atoms with E-state index in [0.29, 0.717) is 5.92 Å². The number of hydrogen-bond acceptors (Lipinski definition) is 4. The van der Waals surface area contributed by atoms with Gasteiger partial charge in [-0.2, -0.15) is 0 Å². The lowest BCUT2D eigenvalue weighted by molar-refractivity contribution is 0.374. The predicted molar refractivity (Wildman–Crippen MR) is 80.4 cm³/mol. The van der Waals surface area contributed by atoms with Gasteiger partial charge in [0.05, 0.1) is 11.4 Å². The summed E-state index contributed by atoms with van der Waals surface area (Å²) < 4.78 is 0. The molecule has 20 heavy (non-hydrogen) atoms. The van der Waals surface area contributed by atoms with Crippen molar-refractivity contribution < 1.29 is 0 Å². The van der Waals surface area contributed by atoms with Gasteiger partial charge < -0.3 is 4.98 Å². The van der Waals surface area contributed by atoms with E-state index in [1.807, 2.05) is 12.3 Å². The number of aromatic amines is 1. The molecule has 0 spiro atoms. The Hall–Kier alpha value is -1.88. The van der Waals surface area contributed by atoms with Gasteiger partial charge in [-0.15, -0.1) is 0 Å². The Labute approximate surface area is 118 Å². The highest BCUT2D eigenvalue weighted by Gasteiger charge is 2.42. The van der Waals surface area contributed by atoms with E-state index >= 15 is 0 Å². The minimum Gasteiger partial charge on any atom is -0.346 e. The third-order valence-electron chi connectivity index (χ3n) is 5.05. The second kappa shape index (κ2) is 4.31. The zero-order chi connectivity index (χ0) is 13.7. The van der Waals surface area contributed by atoms with Crippen molar-refractivity contribution in [3.8, 4) is 0 Å². The number of nitrogens with two attached hydrogens (primary N) is 1. The molecule has 5 heteroatoms. The van der Waals surface area contributed by atoms with Crippen molar-refractivity contribution in [1.82, 2.24) is 9.99 Å². The Balaban J connectivity index is 1.82. The highest BCUT2D eigenvalue weighted by atomic mass is 15.4. The van der Waals surface area contributed by atoms with Gasteiger partial charge in [-0.1, -0.05) is 6.42 Å². The lowest BCUT2D eigenvalue weighted by atomic mass is 9.85. The van der Waals surface area contributed by atoms with E-state index in [1.165, 1.54) is 25.7 Å². The Morgan fingerprint density at radius 1 is 1.45 bits per heavy atom. The topological polar surface area (TPSA) is 69.8 Å². The first-order valence-corrected chi connectivity index (χ1v) is 7.24. The highest BCUT2D eigenvalue weighted by molar-refractivity contribution is 5.87. The summed E-state index contributed by atoms with van der Waals surface area (Å²) in [6.45, 7) is 3.81. The van der Waals surface area contributed by atoms with Crippen molar-refractivity contribution in [1.29, 1.82) is 0 Å². The van der Waals surface area contributed by atoms with Crippen LogP contribution in [-0.2, 0) is 0 Å². The average molecular weight is 269 g/mol. The molecule has 1 aromatic rings. The van der Waals surface area contributed by atoms with Crippen LogP contribution in [0.25, 0.3) is 5.70 Å². The van der Waals surface area contributed by atoms with Crippen molar-refractivity contribution in [2.45, 2.75) is 25.7 Å². The van der Waals surface area contributed by atoms with Gasteiger partial charge in [-0.3, -0.25) is 10.0 Å². The Morgan fingerprint density at radius 2 is 2.35 bits per heavy atom. The van der Waals surface area contributed by atoms with E-state index in [9.17, 15) is 0 Å². The number of allylic oxidation sites excluding steroid dienone is 1. The number of rotatable bonds is 2. The zero-order valence-electron chi connectivity index (χ0n) is 11.4. The third-order valence-corrected chi connectivity index (χ3v) is 5.05. The highest BCUT2D eigenvalue weighted by Crippen LogP contribution is 2.52. The van der Waals surface area contributed by atoms with E-state index in [1.54, 1.807) is 11.3 Å². The number of hydrogen-bond donors (Lipinski definition) is 2. The number of nitrogens with one attached hydrogen (secondary N) is 1. The van der Waals surface area contributed by atoms with Crippen LogP contribution in [0.3, 0.4) is 0 Å². The predicted octanol–water partition coefficient (Wildman–Crippen LogP) is 2.67. The number of H-pyrrole nitrogens is 1. The molecule has 0 saturated heterocycles. The molecule has 2 aliphatic carbocycles. The van der Waals surface area contributed by atoms with Gasteiger partial charge in [0, 0.05) is 17.7 Å². The van der Waals surface area contributed by atoms with E-state index in [4.69, 9.17) is 5.84 Å². The van der Waals surface area contributed by atoms with Crippen molar-refractivity contribution in [3.63, 3.8) is 0 Å². The summed E-state index contributed by atoms with van der Waals surface area (Å²) in [7, 11) is 0. The van der Waals surface area contributed by atoms with E-state index in [-0.39, 0.29) is 0 Å². The van der Waals surface area contributed by atoms with Crippen LogP contribution in [0, 0.1) is 17.8 Å². The quantitative estimate of drug-likeness (QED) is 0.640. The molecule has 0 amide bonds. The molecule has 1 aromatic heterocycles. The molecule has 2 saturated carbocycles. The molecule has 5 nitrogen and oxygen atoms in total. The molecule has 1 aliphatic heterocycles. The summed E-state index contributed by atoms with van der Waals surface area (Å²) in [5, 5.41) is 1.59. The first-order chi connectivity index (χ1) is 9.78. The van der Waals surface area contributed by atoms with Crippen LogP contribution in [0.1, 0.15) is 31.2 Å². The molecule has 3 N–H and O–H groups in total. The normalized spacial score (nSPS) is 33.5. The second-order valence-electron chi connectivity index (χ2n) is 6.07. The summed E-state index contributed by atoms with van der Waals surface area (Å²) in [6, 6.07) is 2.01. The summed E-state index contributed by atoms with van der Waals surface area (Å²) in [6.07, 6.45) is 8.81. The standard InChI is InChI=1S/C15H19N5/c1-17-13(12-7-9-2-3-10(12)6-9)14-11-4-5-18-15(11)19-8-20(14)16/h4-5,8-10,12,18H,1-3,6-7,16H2/b14-13-/t9-,10?,12+/m0/s1. The van der Waals surface area contributed by atoms with Crippen LogP contribution in [0.5, 0.6) is 0 Å². The number of hydrazine groups is 1. The molecule has 2 bridgehead atoms. The van der Waals surface area contributed by atoms with Crippen LogP contribution in [0.4, 0.5) is 5.82 Å². The zero-order valence-corrected chi connectivity index (χ0v) is 11.4. The molecule has 1 unspecified atom stereocenters. The molecule has 4 rings (SSSR count). The fourth-order valence-electron chi connectivity index (χ4n) is 4.19. The summed E-state index contributed by atoms with van der Waals surface area (Å²) in [5.74, 6) is 9.10. The molecule has 104 valence electrons. The molecule has 0 radical (unpaired) electrons. The van der Waals surface area contributed by atoms with Crippen LogP contribution in [-0.4, -0.2) is 23.0 Å². The maximum Gasteiger partial charge on any atom is 0.141 e. The average Bonchev–Trinajstić information content (AvgIpc) is 3.16. The monoisotopic (exact) mass is 269 g/mol. The van der Waals surface area contributed by atoms with Gasteiger partial charge in [-0.25, -0.2) is 10.8 Å². The van der Waals surface area contributed by atoms with Gasteiger partial charge in [0.2, 0.25) is 0 Å². The third kappa shape index (κ3) is 1.59. The molecule has 2 fully saturated rings. The minimum atomic E-state index is 0.501. The number of fused-ring (bicyclic) bond motifs is 3. The van der Waals surface area contributed by atoms with Crippen LogP contribution in [0.15, 0.2) is 27.9 Å². The fourth-order valence-corrected chi connectivity index (χ4v) is 4.19. The van der Waals surface area contributed by atoms with Crippen molar-refractivity contribution >= 4 is 24.6 Å². The van der Waals surface area contributed by atoms with Crippen LogP contribution in [0.2, 0.25) is 0 Å². The number of nitrogens with zero attached hydrogens (tertiary/aromatic N) is 3. The van der Waals surface area contributed by atoms with Gasteiger partial charge in [-0.05, 0) is 43.9 Å². The summed E-state index contributed by atoms with van der Waals surface area (Å²) in [5.41, 5.74) is 3.04. The van der Waals surface area contributed by atoms with E-state index < -0.39 is 0 Å². The van der Waals surface area contributed by atoms with Crippen LogP contribution < -0.4 is 5.84 Å². The van der Waals surface area contributed by atoms with E-state index in [2.05, 4.69) is 21.7 Å². The fraction of sp³-hybridized carbons (Fsp3) is 0.467. The minimum absolute atomic E-state index is 0.501. The Kier molecular flexibility index (Phi) is 2.57. The molecular weight excluding hydrogens is 250 g/mol. The number of aromatic nitrogens is 1. The van der Waals surface area contributed by atoms with Gasteiger partial charge in [0.25, 0.3) is 0 Å². The van der Waals surface area contributed by atoms with Gasteiger partial charge in [0.15, 0.2) is 0 Å². The summed E-state index contributed by atoms with van der Waals surface area (Å²) in [4.78, 5) is 11.8. The molecular formula is C15H19N5. The molecule has 3 aliphatic rings. The Morgan fingerprint density at radius 3 is 3.05 bits per heavy atom. The molecule has 3 atom stereocenters. The van der Waals surface area contributed by atoms with Gasteiger partial charge in [0.1, 0.15) is 12.2 Å². The molecule has 0 aromatic carbocycles. The first-order valence-electron chi connectivity index (χ1n) is 7.24. The smallest absolute Gasteiger partial charge is 0.141 e. The maximum absolute atomic E-state index is 6.12. The van der Waals surface area contributed by atoms with Crippen LogP contribution >= 0.6 is 0 Å². The molecule has 2 heterocycles. The SMILES string of the molecule is C=N/C(=C1/c2cc[nH]c2N=CN1N)[C@@H]1C[C@H]2CCC1C2. The Bertz CT molecular complexity index is 612. The second-order valence-corrected chi connectivity index (χ2v) is 6.07. The van der Waals surface area contributed by atoms with E-state index in [0.717, 1.165) is 34.6 Å². The maximum atomic E-state index is 6.12. The summed E-state index contributed by atoms with van der Waals surface area (Å²) >= 11 is 0. The van der Waals surface area contributed by atoms with Gasteiger partial charge >= 0.3 is 0 Å². The number of aliphatic imine (C=N–C) groups is 2. The lowest BCUT2D eigenvalue weighted by Gasteiger charge is -2.28. The lowest BCUT2D eigenvalue weighted by Crippen LogP contribution is -2.31.